The molecule has 1 atom stereocenters. The molecule has 0 radical (unpaired) electrons. The van der Waals surface area contributed by atoms with Crippen molar-refractivity contribution < 1.29 is 0 Å². The van der Waals surface area contributed by atoms with E-state index in [1.807, 2.05) is 17.9 Å². The molecule has 1 fully saturated rings. The average Bonchev–Trinajstić information content (AvgIpc) is 2.73. The molecule has 1 aliphatic heterocycles. The van der Waals surface area contributed by atoms with Crippen LogP contribution >= 0.6 is 0 Å². The molecule has 1 aromatic heterocycles. The second-order valence-electron chi connectivity index (χ2n) is 6.18. The lowest BCUT2D eigenvalue weighted by atomic mass is 9.86. The van der Waals surface area contributed by atoms with E-state index in [0.717, 1.165) is 11.8 Å². The van der Waals surface area contributed by atoms with Gasteiger partial charge in [0, 0.05) is 24.8 Å². The normalized spacial score (nSPS) is 20.1. The molecular formula is C15H28N4. The van der Waals surface area contributed by atoms with Crippen LogP contribution in [0.25, 0.3) is 0 Å². The second kappa shape index (κ2) is 6.06. The number of aromatic nitrogens is 2. The van der Waals surface area contributed by atoms with Crippen LogP contribution in [0.1, 0.15) is 44.0 Å². The number of nitrogens with two attached hydrogens (primary N) is 1. The maximum absolute atomic E-state index is 6.03. The van der Waals surface area contributed by atoms with Gasteiger partial charge in [0.15, 0.2) is 0 Å². The fourth-order valence-electron chi connectivity index (χ4n) is 3.21. The molecule has 2 rings (SSSR count). The minimum Gasteiger partial charge on any atom is -0.329 e. The van der Waals surface area contributed by atoms with E-state index in [4.69, 9.17) is 5.73 Å². The third kappa shape index (κ3) is 3.00. The van der Waals surface area contributed by atoms with Crippen molar-refractivity contribution in [2.45, 2.75) is 39.7 Å². The van der Waals surface area contributed by atoms with Gasteiger partial charge in [-0.25, -0.2) is 0 Å². The van der Waals surface area contributed by atoms with Gasteiger partial charge in [-0.15, -0.1) is 0 Å². The summed E-state index contributed by atoms with van der Waals surface area (Å²) in [5.41, 5.74) is 8.57. The molecule has 2 N–H and O–H groups in total. The van der Waals surface area contributed by atoms with Gasteiger partial charge in [0.1, 0.15) is 0 Å². The van der Waals surface area contributed by atoms with Crippen LogP contribution in [0.3, 0.4) is 0 Å². The smallest absolute Gasteiger partial charge is 0.0540 e. The fraction of sp³-hybridized carbons (Fsp3) is 0.800. The van der Waals surface area contributed by atoms with E-state index >= 15 is 0 Å². The largest absolute Gasteiger partial charge is 0.329 e. The zero-order valence-electron chi connectivity index (χ0n) is 12.8. The molecule has 1 aliphatic rings. The Morgan fingerprint density at radius 3 is 2.42 bits per heavy atom. The molecule has 0 spiro atoms. The number of rotatable bonds is 4. The van der Waals surface area contributed by atoms with Crippen LogP contribution in [-0.2, 0) is 7.05 Å². The first kappa shape index (κ1) is 14.5. The summed E-state index contributed by atoms with van der Waals surface area (Å²) in [6.07, 6.45) is 4.59. The number of hydrogen-bond acceptors (Lipinski definition) is 3. The van der Waals surface area contributed by atoms with Crippen LogP contribution in [0.4, 0.5) is 0 Å². The summed E-state index contributed by atoms with van der Waals surface area (Å²) >= 11 is 0. The highest BCUT2D eigenvalue weighted by Gasteiger charge is 2.28. The first-order chi connectivity index (χ1) is 9.04. The molecule has 108 valence electrons. The Morgan fingerprint density at radius 1 is 1.37 bits per heavy atom. The number of hydrogen-bond donors (Lipinski definition) is 1. The van der Waals surface area contributed by atoms with Crippen molar-refractivity contribution in [1.82, 2.24) is 14.7 Å². The van der Waals surface area contributed by atoms with Gasteiger partial charge in [-0.1, -0.05) is 13.8 Å². The standard InChI is InChI=1S/C15H28N4/c1-11(2)13-5-7-19(8-6-13)15(9-16)14-10-17-18(4)12(14)3/h10-11,13,15H,5-9,16H2,1-4H3. The molecule has 0 aromatic carbocycles. The van der Waals surface area contributed by atoms with E-state index in [-0.39, 0.29) is 0 Å². The summed E-state index contributed by atoms with van der Waals surface area (Å²) in [6.45, 7) is 9.82. The Kier molecular flexibility index (Phi) is 4.63. The van der Waals surface area contributed by atoms with Gasteiger partial charge >= 0.3 is 0 Å². The minimum absolute atomic E-state index is 0.335. The lowest BCUT2D eigenvalue weighted by Crippen LogP contribution is -2.40. The van der Waals surface area contributed by atoms with Gasteiger partial charge in [-0.3, -0.25) is 9.58 Å². The fourth-order valence-corrected chi connectivity index (χ4v) is 3.21. The Hall–Kier alpha value is -0.870. The Bertz CT molecular complexity index is 402. The van der Waals surface area contributed by atoms with E-state index < -0.39 is 0 Å². The van der Waals surface area contributed by atoms with Crippen LogP contribution in [-0.4, -0.2) is 34.3 Å². The van der Waals surface area contributed by atoms with E-state index in [1.54, 1.807) is 0 Å². The van der Waals surface area contributed by atoms with Crippen molar-refractivity contribution in [2.75, 3.05) is 19.6 Å². The second-order valence-corrected chi connectivity index (χ2v) is 6.18. The van der Waals surface area contributed by atoms with E-state index in [1.165, 1.54) is 37.2 Å². The van der Waals surface area contributed by atoms with E-state index in [9.17, 15) is 0 Å². The van der Waals surface area contributed by atoms with Gasteiger partial charge in [0.05, 0.1) is 12.2 Å². The predicted octanol–water partition coefficient (Wildman–Crippen LogP) is 2.10. The molecule has 2 heterocycles. The molecule has 1 aromatic rings. The van der Waals surface area contributed by atoms with E-state index in [0.29, 0.717) is 12.6 Å². The van der Waals surface area contributed by atoms with Gasteiger partial charge in [0.25, 0.3) is 0 Å². The van der Waals surface area contributed by atoms with Crippen LogP contribution in [0.2, 0.25) is 0 Å². The number of likely N-dealkylation sites (tertiary alicyclic amines) is 1. The predicted molar refractivity (Wildman–Crippen MR) is 78.9 cm³/mol. The maximum Gasteiger partial charge on any atom is 0.0540 e. The number of nitrogens with zero attached hydrogens (tertiary/aromatic N) is 3. The molecule has 0 amide bonds. The average molecular weight is 264 g/mol. The highest BCUT2D eigenvalue weighted by molar-refractivity contribution is 5.21. The lowest BCUT2D eigenvalue weighted by Gasteiger charge is -2.38. The molecule has 1 unspecified atom stereocenters. The topological polar surface area (TPSA) is 47.1 Å². The summed E-state index contributed by atoms with van der Waals surface area (Å²) < 4.78 is 1.94. The maximum atomic E-state index is 6.03. The van der Waals surface area contributed by atoms with Crippen molar-refractivity contribution in [3.63, 3.8) is 0 Å². The minimum atomic E-state index is 0.335. The van der Waals surface area contributed by atoms with Crippen LogP contribution in [0.15, 0.2) is 6.20 Å². The summed E-state index contributed by atoms with van der Waals surface area (Å²) in [5, 5.41) is 4.36. The first-order valence-electron chi connectivity index (χ1n) is 7.47. The quantitative estimate of drug-likeness (QED) is 0.906. The summed E-state index contributed by atoms with van der Waals surface area (Å²) in [5.74, 6) is 1.68. The van der Waals surface area contributed by atoms with Crippen LogP contribution < -0.4 is 5.73 Å². The third-order valence-corrected chi connectivity index (χ3v) is 4.81. The molecule has 0 aliphatic carbocycles. The Balaban J connectivity index is 2.06. The highest BCUT2D eigenvalue weighted by atomic mass is 15.3. The highest BCUT2D eigenvalue weighted by Crippen LogP contribution is 2.30. The first-order valence-corrected chi connectivity index (χ1v) is 7.47. The van der Waals surface area contributed by atoms with Crippen LogP contribution in [0, 0.1) is 18.8 Å². The summed E-state index contributed by atoms with van der Waals surface area (Å²) in [4.78, 5) is 2.54. The monoisotopic (exact) mass is 264 g/mol. The van der Waals surface area contributed by atoms with Crippen LogP contribution in [0.5, 0.6) is 0 Å². The summed E-state index contributed by atoms with van der Waals surface area (Å²) in [7, 11) is 2.00. The molecule has 0 saturated carbocycles. The Labute approximate surface area is 117 Å². The van der Waals surface area contributed by atoms with Crippen molar-refractivity contribution in [3.8, 4) is 0 Å². The van der Waals surface area contributed by atoms with Crippen molar-refractivity contribution in [1.29, 1.82) is 0 Å². The molecule has 4 heteroatoms. The number of piperidine rings is 1. The zero-order valence-corrected chi connectivity index (χ0v) is 12.8. The van der Waals surface area contributed by atoms with Crippen molar-refractivity contribution in [2.24, 2.45) is 24.6 Å². The molecule has 0 bridgehead atoms. The molecule has 19 heavy (non-hydrogen) atoms. The van der Waals surface area contributed by atoms with Crippen molar-refractivity contribution in [3.05, 3.63) is 17.5 Å². The lowest BCUT2D eigenvalue weighted by molar-refractivity contribution is 0.117. The molecule has 4 nitrogen and oxygen atoms in total. The zero-order chi connectivity index (χ0) is 14.0. The summed E-state index contributed by atoms with van der Waals surface area (Å²) in [6, 6.07) is 0.335. The molecule has 1 saturated heterocycles. The van der Waals surface area contributed by atoms with Gasteiger partial charge < -0.3 is 5.73 Å². The van der Waals surface area contributed by atoms with Gasteiger partial charge in [-0.05, 0) is 44.7 Å². The van der Waals surface area contributed by atoms with E-state index in [2.05, 4.69) is 30.8 Å². The number of aryl methyl sites for hydroxylation is 1. The van der Waals surface area contributed by atoms with Crippen molar-refractivity contribution >= 4 is 0 Å². The van der Waals surface area contributed by atoms with Gasteiger partial charge in [-0.2, -0.15) is 5.10 Å². The van der Waals surface area contributed by atoms with Gasteiger partial charge in [0.2, 0.25) is 0 Å². The Morgan fingerprint density at radius 2 is 2.00 bits per heavy atom. The molecular weight excluding hydrogens is 236 g/mol. The SMILES string of the molecule is Cc1c(C(CN)N2CCC(C(C)C)CC2)cnn1C. The third-order valence-electron chi connectivity index (χ3n) is 4.81.